The van der Waals surface area contributed by atoms with Crippen LogP contribution in [0.15, 0.2) is 24.5 Å². The molecule has 1 aliphatic heterocycles. The van der Waals surface area contributed by atoms with Gasteiger partial charge < -0.3 is 35.6 Å². The smallest absolute Gasteiger partial charge is 0.254 e. The number of benzene rings is 1. The van der Waals surface area contributed by atoms with Gasteiger partial charge in [0, 0.05) is 19.7 Å². The number of hydrogen-bond donors (Lipinski definition) is 4. The summed E-state index contributed by atoms with van der Waals surface area (Å²) in [6.45, 7) is -0.0303. The fraction of sp³-hybridized carbons (Fsp3) is 0.348. The molecule has 1 fully saturated rings. The number of aliphatic hydroxyl groups excluding tert-OH is 2. The molecular weight excluding hydrogens is 489 g/mol. The van der Waals surface area contributed by atoms with Gasteiger partial charge in [0.05, 0.1) is 20.0 Å². The lowest BCUT2D eigenvalue weighted by molar-refractivity contribution is -0.137. The van der Waals surface area contributed by atoms with Crippen molar-refractivity contribution in [2.75, 3.05) is 33.5 Å². The molecule has 2 unspecified atom stereocenters. The lowest BCUT2D eigenvalue weighted by atomic mass is 10.1. The molecule has 5 N–H and O–H groups in total. The van der Waals surface area contributed by atoms with Crippen molar-refractivity contribution >= 4 is 28.8 Å². The first-order valence-corrected chi connectivity index (χ1v) is 11.0. The highest BCUT2D eigenvalue weighted by atomic mass is 19.1. The molecule has 0 bridgehead atoms. The van der Waals surface area contributed by atoms with Gasteiger partial charge in [-0.05, 0) is 24.1 Å². The predicted molar refractivity (Wildman–Crippen MR) is 127 cm³/mol. The molecule has 1 aliphatic rings. The monoisotopic (exact) mass is 513 g/mol. The number of hydrogen-bond acceptors (Lipinski definition) is 10. The van der Waals surface area contributed by atoms with Crippen LogP contribution in [0.5, 0.6) is 5.75 Å². The molecule has 37 heavy (non-hydrogen) atoms. The Morgan fingerprint density at radius 3 is 2.76 bits per heavy atom. The van der Waals surface area contributed by atoms with E-state index in [1.165, 1.54) is 49.1 Å². The third kappa shape index (κ3) is 4.87. The Kier molecular flexibility index (Phi) is 7.21. The minimum absolute atomic E-state index is 0.000947. The number of nitrogens with two attached hydrogens (primary N) is 1. The molecule has 1 aromatic carbocycles. The third-order valence-electron chi connectivity index (χ3n) is 5.73. The molecule has 194 valence electrons. The SMILES string of the molecule is CNC(=O)C1OC(n2cnc3c(N)nc(C#CCN(C)C(=O)c4ccc(OC)c(F)c4)nc32)[C@H](O)[C@@H]1O. The summed E-state index contributed by atoms with van der Waals surface area (Å²) in [4.78, 5) is 38.4. The minimum Gasteiger partial charge on any atom is -0.494 e. The van der Waals surface area contributed by atoms with Gasteiger partial charge in [-0.3, -0.25) is 14.2 Å². The maximum atomic E-state index is 13.9. The Morgan fingerprint density at radius 1 is 1.32 bits per heavy atom. The molecule has 3 heterocycles. The maximum Gasteiger partial charge on any atom is 0.254 e. The number of aromatic nitrogens is 4. The van der Waals surface area contributed by atoms with E-state index in [4.69, 9.17) is 15.2 Å². The number of nitrogen functional groups attached to an aromatic ring is 1. The number of nitrogens with zero attached hydrogens (tertiary/aromatic N) is 5. The first-order chi connectivity index (χ1) is 17.7. The van der Waals surface area contributed by atoms with Crippen molar-refractivity contribution in [3.63, 3.8) is 0 Å². The van der Waals surface area contributed by atoms with Crippen molar-refractivity contribution in [2.24, 2.45) is 0 Å². The van der Waals surface area contributed by atoms with Crippen molar-refractivity contribution in [1.29, 1.82) is 0 Å². The van der Waals surface area contributed by atoms with E-state index < -0.39 is 42.2 Å². The molecule has 0 radical (unpaired) electrons. The molecule has 4 atom stereocenters. The molecule has 2 aromatic heterocycles. The van der Waals surface area contributed by atoms with E-state index in [1.54, 1.807) is 0 Å². The molecule has 1 saturated heterocycles. The summed E-state index contributed by atoms with van der Waals surface area (Å²) >= 11 is 0. The minimum atomic E-state index is -1.48. The van der Waals surface area contributed by atoms with Gasteiger partial charge >= 0.3 is 0 Å². The highest BCUT2D eigenvalue weighted by Crippen LogP contribution is 2.32. The van der Waals surface area contributed by atoms with Gasteiger partial charge in [-0.25, -0.2) is 19.3 Å². The Labute approximate surface area is 210 Å². The zero-order chi connectivity index (χ0) is 26.9. The average molecular weight is 513 g/mol. The quantitative estimate of drug-likeness (QED) is 0.311. The molecule has 0 spiro atoms. The topological polar surface area (TPSA) is 178 Å². The van der Waals surface area contributed by atoms with Crippen molar-refractivity contribution in [1.82, 2.24) is 29.7 Å². The number of imidazole rings is 1. The summed E-state index contributed by atoms with van der Waals surface area (Å²) in [5, 5.41) is 23.1. The number of nitrogens with one attached hydrogen (secondary N) is 1. The normalized spacial score (nSPS) is 20.8. The van der Waals surface area contributed by atoms with Gasteiger partial charge in [0.1, 0.15) is 17.7 Å². The van der Waals surface area contributed by atoms with E-state index in [9.17, 15) is 24.2 Å². The van der Waals surface area contributed by atoms with Crippen molar-refractivity contribution in [2.45, 2.75) is 24.5 Å². The van der Waals surface area contributed by atoms with Gasteiger partial charge in [0.15, 0.2) is 35.4 Å². The number of rotatable bonds is 5. The fourth-order valence-corrected chi connectivity index (χ4v) is 3.76. The number of aliphatic hydroxyl groups is 2. The molecule has 13 nitrogen and oxygen atoms in total. The molecular formula is C23H24FN7O6. The molecule has 0 aliphatic carbocycles. The van der Waals surface area contributed by atoms with Crippen LogP contribution in [0.25, 0.3) is 11.2 Å². The molecule has 2 amide bonds. The van der Waals surface area contributed by atoms with Gasteiger partial charge in [0.25, 0.3) is 11.8 Å². The van der Waals surface area contributed by atoms with E-state index >= 15 is 0 Å². The van der Waals surface area contributed by atoms with Crippen LogP contribution >= 0.6 is 0 Å². The summed E-state index contributed by atoms with van der Waals surface area (Å²) in [7, 11) is 4.21. The summed E-state index contributed by atoms with van der Waals surface area (Å²) in [6, 6.07) is 3.88. The number of carbonyl (C=O) groups is 2. The number of ether oxygens (including phenoxy) is 2. The molecule has 14 heteroatoms. The van der Waals surface area contributed by atoms with Gasteiger partial charge in [0.2, 0.25) is 5.82 Å². The van der Waals surface area contributed by atoms with E-state index in [0.717, 1.165) is 6.07 Å². The van der Waals surface area contributed by atoms with E-state index in [2.05, 4.69) is 32.1 Å². The van der Waals surface area contributed by atoms with Crippen LogP contribution < -0.4 is 15.8 Å². The maximum absolute atomic E-state index is 13.9. The zero-order valence-corrected chi connectivity index (χ0v) is 20.0. The average Bonchev–Trinajstić information content (AvgIpc) is 3.44. The lowest BCUT2D eigenvalue weighted by Gasteiger charge is -2.16. The summed E-state index contributed by atoms with van der Waals surface area (Å²) < 4.78 is 25.7. The Balaban J connectivity index is 1.54. The number of fused-ring (bicyclic) bond motifs is 1. The molecule has 3 aromatic rings. The predicted octanol–water partition coefficient (Wildman–Crippen LogP) is -0.955. The number of likely N-dealkylation sites (N-methyl/N-ethyl adjacent to an activating group) is 1. The van der Waals surface area contributed by atoms with E-state index in [0.29, 0.717) is 0 Å². The summed E-state index contributed by atoms with van der Waals surface area (Å²) in [6.07, 6.45) is -4.11. The number of methoxy groups -OCH3 is 1. The Morgan fingerprint density at radius 2 is 2.08 bits per heavy atom. The van der Waals surface area contributed by atoms with E-state index in [1.807, 2.05) is 0 Å². The standard InChI is InChI=1S/C23H24FN7O6/c1-26-21(34)18-16(32)17(33)23(37-18)31-10-27-15-19(25)28-14(29-20(15)31)5-4-8-30(2)22(35)11-6-7-13(36-3)12(24)9-11/h6-7,9-10,16-18,23,32-33H,8H2,1-3H3,(H,26,34)(H2,25,28,29)/t16-,17+,18?,23?/m0/s1. The van der Waals surface area contributed by atoms with Crippen LogP contribution in [-0.2, 0) is 9.53 Å². The lowest BCUT2D eigenvalue weighted by Crippen LogP contribution is -2.41. The van der Waals surface area contributed by atoms with E-state index in [-0.39, 0.29) is 40.7 Å². The molecule has 0 saturated carbocycles. The first-order valence-electron chi connectivity index (χ1n) is 11.0. The van der Waals surface area contributed by atoms with Crippen LogP contribution in [0.1, 0.15) is 22.4 Å². The van der Waals surface area contributed by atoms with Crippen molar-refractivity contribution in [3.05, 3.63) is 41.7 Å². The van der Waals surface area contributed by atoms with Gasteiger partial charge in [-0.15, -0.1) is 0 Å². The van der Waals surface area contributed by atoms with Crippen molar-refractivity contribution in [3.8, 4) is 17.6 Å². The van der Waals surface area contributed by atoms with Crippen LogP contribution in [-0.4, -0.2) is 92.5 Å². The number of carbonyl (C=O) groups excluding carboxylic acids is 2. The number of anilines is 1. The fourth-order valence-electron chi connectivity index (χ4n) is 3.76. The van der Waals surface area contributed by atoms with Crippen LogP contribution in [0, 0.1) is 17.7 Å². The van der Waals surface area contributed by atoms with Gasteiger partial charge in [-0.1, -0.05) is 5.92 Å². The summed E-state index contributed by atoms with van der Waals surface area (Å²) in [5.74, 6) is 3.78. The Hall–Kier alpha value is -4.32. The number of halogens is 1. The second-order valence-electron chi connectivity index (χ2n) is 8.11. The molecule has 4 rings (SSSR count). The Bertz CT molecular complexity index is 1420. The largest absolute Gasteiger partial charge is 0.494 e. The van der Waals surface area contributed by atoms with Crippen LogP contribution in [0.4, 0.5) is 10.2 Å². The number of amides is 2. The highest BCUT2D eigenvalue weighted by molar-refractivity contribution is 5.94. The highest BCUT2D eigenvalue weighted by Gasteiger charge is 2.47. The van der Waals surface area contributed by atoms with Crippen molar-refractivity contribution < 1.29 is 33.7 Å². The third-order valence-corrected chi connectivity index (χ3v) is 5.73. The summed E-state index contributed by atoms with van der Waals surface area (Å²) in [5.41, 5.74) is 6.48. The van der Waals surface area contributed by atoms with Crippen LogP contribution in [0.2, 0.25) is 0 Å². The second-order valence-corrected chi connectivity index (χ2v) is 8.11. The van der Waals surface area contributed by atoms with Crippen LogP contribution in [0.3, 0.4) is 0 Å². The first kappa shape index (κ1) is 25.8. The van der Waals surface area contributed by atoms with Gasteiger partial charge in [-0.2, -0.15) is 0 Å². The zero-order valence-electron chi connectivity index (χ0n) is 20.0. The second kappa shape index (κ2) is 10.3.